The first-order chi connectivity index (χ1) is 8.59. The maximum absolute atomic E-state index is 10.4. The Hall–Kier alpha value is -2.37. The average Bonchev–Trinajstić information content (AvgIpc) is 2.34. The van der Waals surface area contributed by atoms with Crippen LogP contribution in [0.4, 0.5) is 11.4 Å². The van der Waals surface area contributed by atoms with E-state index in [0.717, 1.165) is 18.2 Å². The van der Waals surface area contributed by atoms with Crippen molar-refractivity contribution in [1.82, 2.24) is 0 Å². The number of allylic oxidation sites excluding steroid dienone is 1. The van der Waals surface area contributed by atoms with Crippen LogP contribution in [0.1, 0.15) is 12.8 Å². The van der Waals surface area contributed by atoms with Gasteiger partial charge in [-0.3, -0.25) is 10.1 Å². The molecule has 18 heavy (non-hydrogen) atoms. The minimum Gasteiger partial charge on any atom is -0.478 e. The van der Waals surface area contributed by atoms with Crippen LogP contribution >= 0.6 is 0 Å². The van der Waals surface area contributed by atoms with E-state index in [1.807, 2.05) is 0 Å². The molecule has 1 aromatic carbocycles. The Morgan fingerprint density at radius 1 is 1.39 bits per heavy atom. The van der Waals surface area contributed by atoms with E-state index in [2.05, 4.69) is 5.32 Å². The minimum atomic E-state index is -0.946. The maximum atomic E-state index is 10.4. The van der Waals surface area contributed by atoms with E-state index < -0.39 is 10.9 Å². The Labute approximate surface area is 104 Å². The van der Waals surface area contributed by atoms with Crippen molar-refractivity contribution in [2.24, 2.45) is 0 Å². The highest BCUT2D eigenvalue weighted by atomic mass is 16.6. The molecule has 96 valence electrons. The molecule has 0 amide bonds. The molecule has 0 radical (unpaired) electrons. The van der Waals surface area contributed by atoms with Crippen molar-refractivity contribution in [2.75, 3.05) is 11.9 Å². The van der Waals surface area contributed by atoms with E-state index in [-0.39, 0.29) is 5.69 Å². The smallest absolute Gasteiger partial charge is 0.327 e. The first kappa shape index (κ1) is 13.7. The molecule has 0 atom stereocenters. The molecule has 0 saturated carbocycles. The summed E-state index contributed by atoms with van der Waals surface area (Å²) in [6.07, 6.45) is 4.18. The molecule has 1 aromatic rings. The highest BCUT2D eigenvalue weighted by Crippen LogP contribution is 2.15. The first-order valence-electron chi connectivity index (χ1n) is 5.47. The Kier molecular flexibility index (Phi) is 5.37. The van der Waals surface area contributed by atoms with Crippen molar-refractivity contribution in [1.29, 1.82) is 0 Å². The predicted molar refractivity (Wildman–Crippen MR) is 67.6 cm³/mol. The van der Waals surface area contributed by atoms with Crippen LogP contribution < -0.4 is 5.32 Å². The molecule has 0 spiro atoms. The van der Waals surface area contributed by atoms with Gasteiger partial charge in [0, 0.05) is 30.4 Å². The number of nitro benzene ring substituents is 1. The lowest BCUT2D eigenvalue weighted by atomic mass is 10.2. The summed E-state index contributed by atoms with van der Waals surface area (Å²) in [6, 6.07) is 6.16. The fourth-order valence-corrected chi connectivity index (χ4v) is 1.34. The summed E-state index contributed by atoms with van der Waals surface area (Å²) in [6.45, 7) is 0.682. The zero-order chi connectivity index (χ0) is 13.4. The molecular weight excluding hydrogens is 236 g/mol. The second-order valence-corrected chi connectivity index (χ2v) is 3.61. The number of nitrogens with one attached hydrogen (secondary N) is 1. The summed E-state index contributed by atoms with van der Waals surface area (Å²) in [5.41, 5.74) is 0.868. The molecule has 2 N–H and O–H groups in total. The van der Waals surface area contributed by atoms with Gasteiger partial charge in [0.25, 0.3) is 5.69 Å². The molecule has 0 unspecified atom stereocenters. The second kappa shape index (κ2) is 7.05. The molecular formula is C12H14N2O4. The summed E-state index contributed by atoms with van der Waals surface area (Å²) >= 11 is 0. The third-order valence-electron chi connectivity index (χ3n) is 2.22. The summed E-state index contributed by atoms with van der Waals surface area (Å²) in [5.74, 6) is -0.946. The van der Waals surface area contributed by atoms with Crippen molar-refractivity contribution in [2.45, 2.75) is 12.8 Å². The third-order valence-corrected chi connectivity index (χ3v) is 2.22. The molecule has 0 aliphatic carbocycles. The zero-order valence-electron chi connectivity index (χ0n) is 9.70. The number of hydrogen-bond donors (Lipinski definition) is 2. The number of rotatable bonds is 7. The third kappa shape index (κ3) is 5.11. The topological polar surface area (TPSA) is 92.5 Å². The fraction of sp³-hybridized carbons (Fsp3) is 0.250. The molecule has 0 saturated heterocycles. The van der Waals surface area contributed by atoms with E-state index in [9.17, 15) is 14.9 Å². The van der Waals surface area contributed by atoms with Crippen LogP contribution in [0.2, 0.25) is 0 Å². The summed E-state index contributed by atoms with van der Waals surface area (Å²) in [7, 11) is 0. The Bertz CT molecular complexity index is 440. The molecule has 1 rings (SSSR count). The number of unbranched alkanes of at least 4 members (excludes halogenated alkanes) is 1. The second-order valence-electron chi connectivity index (χ2n) is 3.61. The molecule has 6 heteroatoms. The van der Waals surface area contributed by atoms with Crippen LogP contribution in [-0.2, 0) is 4.79 Å². The van der Waals surface area contributed by atoms with Crippen molar-refractivity contribution in [3.8, 4) is 0 Å². The van der Waals surface area contributed by atoms with E-state index in [0.29, 0.717) is 13.0 Å². The number of carboxylic acids is 1. The number of aliphatic carboxylic acids is 1. The van der Waals surface area contributed by atoms with Crippen LogP contribution in [0.5, 0.6) is 0 Å². The van der Waals surface area contributed by atoms with E-state index in [1.165, 1.54) is 12.1 Å². The molecule has 0 heterocycles. The number of benzene rings is 1. The standard InChI is InChI=1S/C12H14N2O4/c15-12(16)4-2-1-3-9-13-10-5-7-11(8-6-10)14(17)18/h2,4-8,13H,1,3,9H2,(H,15,16)/b4-2+. The van der Waals surface area contributed by atoms with Crippen LogP contribution in [0, 0.1) is 10.1 Å². The van der Waals surface area contributed by atoms with E-state index in [1.54, 1.807) is 18.2 Å². The molecule has 0 fully saturated rings. The minimum absolute atomic E-state index is 0.0601. The van der Waals surface area contributed by atoms with Gasteiger partial charge in [-0.25, -0.2) is 4.79 Å². The summed E-state index contributed by atoms with van der Waals surface area (Å²) in [4.78, 5) is 20.2. The van der Waals surface area contributed by atoms with Crippen LogP contribution in [0.15, 0.2) is 36.4 Å². The molecule has 0 aliphatic rings. The quantitative estimate of drug-likeness (QED) is 0.335. The number of anilines is 1. The van der Waals surface area contributed by atoms with Gasteiger partial charge < -0.3 is 10.4 Å². The van der Waals surface area contributed by atoms with Gasteiger partial charge in [-0.15, -0.1) is 0 Å². The maximum Gasteiger partial charge on any atom is 0.327 e. The lowest BCUT2D eigenvalue weighted by Crippen LogP contribution is -2.01. The van der Waals surface area contributed by atoms with Crippen molar-refractivity contribution >= 4 is 17.3 Å². The monoisotopic (exact) mass is 250 g/mol. The first-order valence-corrected chi connectivity index (χ1v) is 5.47. The number of hydrogen-bond acceptors (Lipinski definition) is 4. The van der Waals surface area contributed by atoms with Crippen LogP contribution in [0.3, 0.4) is 0 Å². The number of carboxylic acid groups (broad SMARTS) is 1. The Morgan fingerprint density at radius 3 is 2.61 bits per heavy atom. The number of non-ortho nitro benzene ring substituents is 1. The summed E-state index contributed by atoms with van der Waals surface area (Å²) < 4.78 is 0. The van der Waals surface area contributed by atoms with Gasteiger partial charge in [-0.2, -0.15) is 0 Å². The molecule has 0 aromatic heterocycles. The molecule has 0 aliphatic heterocycles. The van der Waals surface area contributed by atoms with Gasteiger partial charge in [-0.05, 0) is 25.0 Å². The van der Waals surface area contributed by atoms with Gasteiger partial charge in [-0.1, -0.05) is 6.08 Å². The SMILES string of the molecule is O=C(O)/C=C/CCCNc1ccc([N+](=O)[O-])cc1. The Morgan fingerprint density at radius 2 is 2.06 bits per heavy atom. The van der Waals surface area contributed by atoms with E-state index >= 15 is 0 Å². The fourth-order valence-electron chi connectivity index (χ4n) is 1.34. The highest BCUT2D eigenvalue weighted by molar-refractivity contribution is 5.79. The average molecular weight is 250 g/mol. The zero-order valence-corrected chi connectivity index (χ0v) is 9.70. The summed E-state index contributed by atoms with van der Waals surface area (Å²) in [5, 5.41) is 21.9. The van der Waals surface area contributed by atoms with Gasteiger partial charge in [0.15, 0.2) is 0 Å². The molecule has 6 nitrogen and oxygen atoms in total. The lowest BCUT2D eigenvalue weighted by molar-refractivity contribution is -0.384. The predicted octanol–water partition coefficient (Wildman–Crippen LogP) is 2.43. The van der Waals surface area contributed by atoms with Crippen molar-refractivity contribution in [3.63, 3.8) is 0 Å². The normalized spacial score (nSPS) is 10.4. The largest absolute Gasteiger partial charge is 0.478 e. The van der Waals surface area contributed by atoms with Crippen molar-refractivity contribution in [3.05, 3.63) is 46.5 Å². The van der Waals surface area contributed by atoms with Crippen molar-refractivity contribution < 1.29 is 14.8 Å². The lowest BCUT2D eigenvalue weighted by Gasteiger charge is -2.04. The number of nitro groups is 1. The van der Waals surface area contributed by atoms with Gasteiger partial charge in [0.05, 0.1) is 4.92 Å². The van der Waals surface area contributed by atoms with Gasteiger partial charge >= 0.3 is 5.97 Å². The van der Waals surface area contributed by atoms with E-state index in [4.69, 9.17) is 5.11 Å². The van der Waals surface area contributed by atoms with Crippen LogP contribution in [0.25, 0.3) is 0 Å². The highest BCUT2D eigenvalue weighted by Gasteiger charge is 2.02. The number of carbonyl (C=O) groups is 1. The van der Waals surface area contributed by atoms with Gasteiger partial charge in [0.1, 0.15) is 0 Å². The molecule has 0 bridgehead atoms. The Balaban J connectivity index is 2.27. The van der Waals surface area contributed by atoms with Gasteiger partial charge in [0.2, 0.25) is 0 Å². The van der Waals surface area contributed by atoms with Crippen LogP contribution in [-0.4, -0.2) is 22.5 Å². The number of nitrogens with zero attached hydrogens (tertiary/aromatic N) is 1.